The number of para-hydroxylation sites is 1. The summed E-state index contributed by atoms with van der Waals surface area (Å²) >= 11 is 0. The molecule has 0 amide bonds. The van der Waals surface area contributed by atoms with Crippen molar-refractivity contribution in [1.29, 1.82) is 0 Å². The van der Waals surface area contributed by atoms with E-state index in [1.165, 1.54) is 6.07 Å². The first-order valence-electron chi connectivity index (χ1n) is 6.94. The molecule has 0 bridgehead atoms. The monoisotopic (exact) mass is 288 g/mol. The molecule has 0 aliphatic carbocycles. The van der Waals surface area contributed by atoms with E-state index in [0.29, 0.717) is 18.7 Å². The molecule has 0 aliphatic rings. The van der Waals surface area contributed by atoms with Crippen LogP contribution >= 0.6 is 0 Å². The summed E-state index contributed by atoms with van der Waals surface area (Å²) in [5, 5.41) is 0. The zero-order valence-electron chi connectivity index (χ0n) is 12.4. The number of rotatable bonds is 6. The van der Waals surface area contributed by atoms with Crippen LogP contribution in [0, 0.1) is 5.82 Å². The van der Waals surface area contributed by atoms with Crippen molar-refractivity contribution in [2.24, 2.45) is 5.73 Å². The van der Waals surface area contributed by atoms with Crippen molar-refractivity contribution in [2.45, 2.75) is 12.6 Å². The first-order valence-corrected chi connectivity index (χ1v) is 6.94. The minimum atomic E-state index is -0.194. The molecule has 0 aromatic heterocycles. The van der Waals surface area contributed by atoms with Crippen LogP contribution in [0.5, 0.6) is 5.75 Å². The average molecular weight is 288 g/mol. The smallest absolute Gasteiger partial charge is 0.127 e. The zero-order chi connectivity index (χ0) is 15.2. The molecule has 4 heteroatoms. The van der Waals surface area contributed by atoms with E-state index in [4.69, 9.17) is 10.5 Å². The first kappa shape index (κ1) is 15.5. The first-order chi connectivity index (χ1) is 10.2. The second-order valence-corrected chi connectivity index (χ2v) is 5.00. The van der Waals surface area contributed by atoms with Crippen molar-refractivity contribution in [1.82, 2.24) is 4.90 Å². The third-order valence-electron chi connectivity index (χ3n) is 3.63. The molecule has 0 aliphatic heterocycles. The lowest BCUT2D eigenvalue weighted by Gasteiger charge is -2.28. The van der Waals surface area contributed by atoms with Gasteiger partial charge < -0.3 is 10.5 Å². The predicted octanol–water partition coefficient (Wildman–Crippen LogP) is 2.97. The fourth-order valence-electron chi connectivity index (χ4n) is 2.49. The Balaban J connectivity index is 2.23. The highest BCUT2D eigenvalue weighted by atomic mass is 19.1. The summed E-state index contributed by atoms with van der Waals surface area (Å²) in [6.07, 6.45) is 0. The Morgan fingerprint density at radius 1 is 1.14 bits per heavy atom. The normalized spacial score (nSPS) is 12.4. The van der Waals surface area contributed by atoms with Crippen molar-refractivity contribution in [3.05, 3.63) is 65.5 Å². The van der Waals surface area contributed by atoms with E-state index in [1.54, 1.807) is 19.2 Å². The Hall–Kier alpha value is -1.91. The van der Waals surface area contributed by atoms with Gasteiger partial charge in [-0.3, -0.25) is 4.90 Å². The van der Waals surface area contributed by atoms with Crippen LogP contribution in [0.15, 0.2) is 48.5 Å². The second-order valence-electron chi connectivity index (χ2n) is 5.00. The molecule has 21 heavy (non-hydrogen) atoms. The van der Waals surface area contributed by atoms with Crippen molar-refractivity contribution >= 4 is 0 Å². The lowest BCUT2D eigenvalue weighted by molar-refractivity contribution is 0.233. The molecule has 112 valence electrons. The number of hydrogen-bond donors (Lipinski definition) is 1. The molecular weight excluding hydrogens is 267 g/mol. The van der Waals surface area contributed by atoms with Crippen molar-refractivity contribution < 1.29 is 9.13 Å². The predicted molar refractivity (Wildman–Crippen MR) is 82.7 cm³/mol. The number of ether oxygens (including phenoxy) is 1. The van der Waals surface area contributed by atoms with E-state index in [-0.39, 0.29) is 11.9 Å². The maximum Gasteiger partial charge on any atom is 0.127 e. The molecule has 0 radical (unpaired) electrons. The van der Waals surface area contributed by atoms with E-state index in [1.807, 2.05) is 42.3 Å². The SMILES string of the molecule is COc1ccccc1C(CN)N(C)Cc1ccccc1F. The molecule has 2 aromatic carbocycles. The van der Waals surface area contributed by atoms with Gasteiger partial charge in [0, 0.05) is 24.2 Å². The number of nitrogens with zero attached hydrogens (tertiary/aromatic N) is 1. The number of halogens is 1. The van der Waals surface area contributed by atoms with Gasteiger partial charge in [-0.25, -0.2) is 4.39 Å². The number of benzene rings is 2. The van der Waals surface area contributed by atoms with Crippen LogP contribution in [-0.2, 0) is 6.54 Å². The molecule has 0 spiro atoms. The maximum absolute atomic E-state index is 13.8. The summed E-state index contributed by atoms with van der Waals surface area (Å²) in [7, 11) is 3.58. The Kier molecular flexibility index (Phi) is 5.31. The molecule has 3 nitrogen and oxygen atoms in total. The highest BCUT2D eigenvalue weighted by Gasteiger charge is 2.20. The van der Waals surface area contributed by atoms with Crippen LogP contribution in [0.2, 0.25) is 0 Å². The minimum absolute atomic E-state index is 0.0271. The molecule has 0 saturated heterocycles. The standard InChI is InChI=1S/C17H21FN2O/c1-20(12-13-7-3-5-9-15(13)18)16(11-19)14-8-4-6-10-17(14)21-2/h3-10,16H,11-12,19H2,1-2H3. The van der Waals surface area contributed by atoms with Crippen LogP contribution in [0.3, 0.4) is 0 Å². The number of nitrogens with two attached hydrogens (primary N) is 1. The van der Waals surface area contributed by atoms with Crippen molar-refractivity contribution in [3.8, 4) is 5.75 Å². The van der Waals surface area contributed by atoms with Gasteiger partial charge in [0.1, 0.15) is 11.6 Å². The van der Waals surface area contributed by atoms with Gasteiger partial charge in [-0.2, -0.15) is 0 Å². The number of hydrogen-bond acceptors (Lipinski definition) is 3. The molecular formula is C17H21FN2O. The highest BCUT2D eigenvalue weighted by molar-refractivity contribution is 5.36. The largest absolute Gasteiger partial charge is 0.496 e. The van der Waals surface area contributed by atoms with Gasteiger partial charge >= 0.3 is 0 Å². The third-order valence-corrected chi connectivity index (χ3v) is 3.63. The van der Waals surface area contributed by atoms with Gasteiger partial charge in [0.15, 0.2) is 0 Å². The van der Waals surface area contributed by atoms with Gasteiger partial charge in [-0.1, -0.05) is 36.4 Å². The van der Waals surface area contributed by atoms with Gasteiger partial charge in [-0.15, -0.1) is 0 Å². The lowest BCUT2D eigenvalue weighted by atomic mass is 10.0. The van der Waals surface area contributed by atoms with E-state index >= 15 is 0 Å². The van der Waals surface area contributed by atoms with Gasteiger partial charge in [0.25, 0.3) is 0 Å². The molecule has 0 fully saturated rings. The van der Waals surface area contributed by atoms with Gasteiger partial charge in [0.05, 0.1) is 13.2 Å². The third kappa shape index (κ3) is 3.60. The Morgan fingerprint density at radius 3 is 2.48 bits per heavy atom. The summed E-state index contributed by atoms with van der Waals surface area (Å²) < 4.78 is 19.2. The van der Waals surface area contributed by atoms with Crippen molar-refractivity contribution in [2.75, 3.05) is 20.7 Å². The minimum Gasteiger partial charge on any atom is -0.496 e. The van der Waals surface area contributed by atoms with E-state index in [2.05, 4.69) is 0 Å². The quantitative estimate of drug-likeness (QED) is 0.888. The van der Waals surface area contributed by atoms with Crippen LogP contribution in [-0.4, -0.2) is 25.6 Å². The Labute approximate surface area is 125 Å². The average Bonchev–Trinajstić information content (AvgIpc) is 2.51. The summed E-state index contributed by atoms with van der Waals surface area (Å²) in [4.78, 5) is 2.04. The van der Waals surface area contributed by atoms with Gasteiger partial charge in [-0.05, 0) is 19.2 Å². The molecule has 2 aromatic rings. The highest BCUT2D eigenvalue weighted by Crippen LogP contribution is 2.28. The number of likely N-dealkylation sites (N-methyl/N-ethyl adjacent to an activating group) is 1. The summed E-state index contributed by atoms with van der Waals surface area (Å²) in [5.74, 6) is 0.605. The second kappa shape index (κ2) is 7.20. The molecule has 2 N–H and O–H groups in total. The van der Waals surface area contributed by atoms with E-state index in [0.717, 1.165) is 11.3 Å². The molecule has 1 unspecified atom stereocenters. The molecule has 1 atom stereocenters. The van der Waals surface area contributed by atoms with Crippen LogP contribution in [0.4, 0.5) is 4.39 Å². The van der Waals surface area contributed by atoms with E-state index in [9.17, 15) is 4.39 Å². The van der Waals surface area contributed by atoms with Crippen LogP contribution in [0.1, 0.15) is 17.2 Å². The summed E-state index contributed by atoms with van der Waals surface area (Å²) in [6.45, 7) is 0.928. The topological polar surface area (TPSA) is 38.5 Å². The van der Waals surface area contributed by atoms with Gasteiger partial charge in [0.2, 0.25) is 0 Å². The van der Waals surface area contributed by atoms with Crippen LogP contribution < -0.4 is 10.5 Å². The van der Waals surface area contributed by atoms with E-state index < -0.39 is 0 Å². The Morgan fingerprint density at radius 2 is 1.81 bits per heavy atom. The molecule has 0 saturated carbocycles. The number of methoxy groups -OCH3 is 1. The lowest BCUT2D eigenvalue weighted by Crippen LogP contribution is -2.30. The maximum atomic E-state index is 13.8. The summed E-state index contributed by atoms with van der Waals surface area (Å²) in [5.41, 5.74) is 7.61. The fraction of sp³-hybridized carbons (Fsp3) is 0.294. The molecule has 2 rings (SSSR count). The fourth-order valence-corrected chi connectivity index (χ4v) is 2.49. The van der Waals surface area contributed by atoms with Crippen molar-refractivity contribution in [3.63, 3.8) is 0 Å². The Bertz CT molecular complexity index is 589. The zero-order valence-corrected chi connectivity index (χ0v) is 12.4. The van der Waals surface area contributed by atoms with Crippen LogP contribution in [0.25, 0.3) is 0 Å². The molecule has 0 heterocycles. The summed E-state index contributed by atoms with van der Waals surface area (Å²) in [6, 6.07) is 14.6.